The van der Waals surface area contributed by atoms with Crippen LogP contribution < -0.4 is 0 Å². The molecule has 21 heavy (non-hydrogen) atoms. The molecule has 0 aliphatic heterocycles. The van der Waals surface area contributed by atoms with Gasteiger partial charge in [0.25, 0.3) is 0 Å². The molecule has 112 valence electrons. The number of nitrogens with zero attached hydrogens (tertiary/aromatic N) is 1. The number of hydrogen-bond donors (Lipinski definition) is 2. The van der Waals surface area contributed by atoms with Gasteiger partial charge in [0.05, 0.1) is 6.61 Å². The van der Waals surface area contributed by atoms with E-state index in [1.165, 1.54) is 5.56 Å². The fourth-order valence-electron chi connectivity index (χ4n) is 2.50. The molecule has 1 unspecified atom stereocenters. The second kappa shape index (κ2) is 7.25. The van der Waals surface area contributed by atoms with Crippen LogP contribution in [-0.2, 0) is 13.2 Å². The molecule has 2 aromatic carbocycles. The SMILES string of the molecule is CCN(Cc1ccc(CO)cc1)C(C)c1cccc(O)c1. The Bertz CT molecular complexity index is 566. The van der Waals surface area contributed by atoms with Gasteiger partial charge in [0.15, 0.2) is 0 Å². The minimum absolute atomic E-state index is 0.0808. The maximum Gasteiger partial charge on any atom is 0.115 e. The van der Waals surface area contributed by atoms with Crippen molar-refractivity contribution in [1.82, 2.24) is 4.90 Å². The standard InChI is InChI=1S/C18H23NO2/c1-3-19(12-15-7-9-16(13-20)10-8-15)14(2)17-5-4-6-18(21)11-17/h4-11,14,20-21H,3,12-13H2,1-2H3. The van der Waals surface area contributed by atoms with E-state index in [2.05, 4.69) is 30.9 Å². The van der Waals surface area contributed by atoms with Crippen LogP contribution in [0.2, 0.25) is 0 Å². The molecule has 2 aromatic rings. The summed E-state index contributed by atoms with van der Waals surface area (Å²) in [6.07, 6.45) is 0. The lowest BCUT2D eigenvalue weighted by Gasteiger charge is -2.28. The van der Waals surface area contributed by atoms with Crippen LogP contribution in [0.15, 0.2) is 48.5 Å². The minimum Gasteiger partial charge on any atom is -0.508 e. The summed E-state index contributed by atoms with van der Waals surface area (Å²) in [5.74, 6) is 0.308. The first-order valence-corrected chi connectivity index (χ1v) is 7.35. The summed E-state index contributed by atoms with van der Waals surface area (Å²) in [5, 5.41) is 18.7. The van der Waals surface area contributed by atoms with Gasteiger partial charge in [-0.15, -0.1) is 0 Å². The highest BCUT2D eigenvalue weighted by atomic mass is 16.3. The predicted molar refractivity (Wildman–Crippen MR) is 85.0 cm³/mol. The predicted octanol–water partition coefficient (Wildman–Crippen LogP) is 3.47. The molecule has 0 radical (unpaired) electrons. The monoisotopic (exact) mass is 285 g/mol. The molecule has 0 aliphatic rings. The Kier molecular flexibility index (Phi) is 5.37. The van der Waals surface area contributed by atoms with E-state index in [9.17, 15) is 5.11 Å². The Morgan fingerprint density at radius 3 is 2.29 bits per heavy atom. The van der Waals surface area contributed by atoms with Gasteiger partial charge in [-0.1, -0.05) is 43.3 Å². The summed E-state index contributed by atoms with van der Waals surface area (Å²) < 4.78 is 0. The van der Waals surface area contributed by atoms with Crippen molar-refractivity contribution in [3.8, 4) is 5.75 Å². The normalized spacial score (nSPS) is 12.6. The highest BCUT2D eigenvalue weighted by Crippen LogP contribution is 2.24. The van der Waals surface area contributed by atoms with E-state index in [1.807, 2.05) is 30.3 Å². The van der Waals surface area contributed by atoms with Crippen LogP contribution in [0.25, 0.3) is 0 Å². The summed E-state index contributed by atoms with van der Waals surface area (Å²) >= 11 is 0. The van der Waals surface area contributed by atoms with Gasteiger partial charge in [-0.2, -0.15) is 0 Å². The van der Waals surface area contributed by atoms with Crippen LogP contribution >= 0.6 is 0 Å². The molecule has 0 bridgehead atoms. The summed E-state index contributed by atoms with van der Waals surface area (Å²) in [4.78, 5) is 2.35. The first kappa shape index (κ1) is 15.5. The molecule has 0 heterocycles. The summed E-state index contributed by atoms with van der Waals surface area (Å²) in [5.41, 5.74) is 3.27. The molecule has 1 atom stereocenters. The molecule has 0 spiro atoms. The second-order valence-electron chi connectivity index (χ2n) is 5.31. The Labute approximate surface area is 126 Å². The topological polar surface area (TPSA) is 43.7 Å². The zero-order chi connectivity index (χ0) is 15.2. The molecule has 0 aromatic heterocycles. The number of rotatable bonds is 6. The van der Waals surface area contributed by atoms with E-state index in [4.69, 9.17) is 5.11 Å². The van der Waals surface area contributed by atoms with Gasteiger partial charge in [-0.3, -0.25) is 4.90 Å². The van der Waals surface area contributed by atoms with Gasteiger partial charge < -0.3 is 10.2 Å². The molecule has 0 fully saturated rings. The van der Waals surface area contributed by atoms with E-state index in [0.717, 1.165) is 24.2 Å². The lowest BCUT2D eigenvalue weighted by molar-refractivity contribution is 0.212. The average molecular weight is 285 g/mol. The number of hydrogen-bond acceptors (Lipinski definition) is 3. The third-order valence-corrected chi connectivity index (χ3v) is 3.90. The van der Waals surface area contributed by atoms with E-state index in [0.29, 0.717) is 5.75 Å². The fourth-order valence-corrected chi connectivity index (χ4v) is 2.50. The number of aliphatic hydroxyl groups excluding tert-OH is 1. The average Bonchev–Trinajstić information content (AvgIpc) is 2.52. The number of aromatic hydroxyl groups is 1. The maximum absolute atomic E-state index is 9.62. The quantitative estimate of drug-likeness (QED) is 0.854. The van der Waals surface area contributed by atoms with Crippen molar-refractivity contribution in [1.29, 1.82) is 0 Å². The van der Waals surface area contributed by atoms with Gasteiger partial charge in [-0.25, -0.2) is 0 Å². The number of phenols is 1. The molecule has 0 aliphatic carbocycles. The highest BCUT2D eigenvalue weighted by Gasteiger charge is 2.14. The molecule has 3 heteroatoms. The van der Waals surface area contributed by atoms with Gasteiger partial charge in [-0.05, 0) is 42.3 Å². The van der Waals surface area contributed by atoms with Crippen LogP contribution in [-0.4, -0.2) is 21.7 Å². The van der Waals surface area contributed by atoms with Crippen LogP contribution in [0.4, 0.5) is 0 Å². The van der Waals surface area contributed by atoms with Crippen LogP contribution in [0.5, 0.6) is 5.75 Å². The molecule has 0 saturated heterocycles. The first-order valence-electron chi connectivity index (χ1n) is 7.35. The second-order valence-corrected chi connectivity index (χ2v) is 5.31. The van der Waals surface area contributed by atoms with Crippen molar-refractivity contribution in [2.24, 2.45) is 0 Å². The van der Waals surface area contributed by atoms with E-state index < -0.39 is 0 Å². The molecule has 2 rings (SSSR count). The Balaban J connectivity index is 2.11. The van der Waals surface area contributed by atoms with Crippen LogP contribution in [0, 0.1) is 0 Å². The van der Waals surface area contributed by atoms with E-state index >= 15 is 0 Å². The van der Waals surface area contributed by atoms with E-state index in [-0.39, 0.29) is 12.6 Å². The summed E-state index contributed by atoms with van der Waals surface area (Å²) in [6.45, 7) is 6.15. The number of benzene rings is 2. The molecular formula is C18H23NO2. The van der Waals surface area contributed by atoms with E-state index in [1.54, 1.807) is 6.07 Å². The third-order valence-electron chi connectivity index (χ3n) is 3.90. The van der Waals surface area contributed by atoms with Crippen LogP contribution in [0.3, 0.4) is 0 Å². The van der Waals surface area contributed by atoms with Crippen molar-refractivity contribution in [2.75, 3.05) is 6.54 Å². The number of phenolic OH excluding ortho intramolecular Hbond substituents is 1. The lowest BCUT2D eigenvalue weighted by Crippen LogP contribution is -2.26. The molecule has 0 saturated carbocycles. The van der Waals surface area contributed by atoms with Crippen LogP contribution in [0.1, 0.15) is 36.6 Å². The Morgan fingerprint density at radius 2 is 1.71 bits per heavy atom. The van der Waals surface area contributed by atoms with Gasteiger partial charge in [0.1, 0.15) is 5.75 Å². The largest absolute Gasteiger partial charge is 0.508 e. The summed E-state index contributed by atoms with van der Waals surface area (Å²) in [7, 11) is 0. The fraction of sp³-hybridized carbons (Fsp3) is 0.333. The highest BCUT2D eigenvalue weighted by molar-refractivity contribution is 5.29. The van der Waals surface area contributed by atoms with Gasteiger partial charge in [0.2, 0.25) is 0 Å². The zero-order valence-electron chi connectivity index (χ0n) is 12.7. The molecule has 3 nitrogen and oxygen atoms in total. The van der Waals surface area contributed by atoms with Crippen molar-refractivity contribution in [3.63, 3.8) is 0 Å². The Morgan fingerprint density at radius 1 is 1.05 bits per heavy atom. The third kappa shape index (κ3) is 4.06. The molecule has 0 amide bonds. The summed E-state index contributed by atoms with van der Waals surface area (Å²) in [6, 6.07) is 15.7. The minimum atomic E-state index is 0.0808. The zero-order valence-corrected chi connectivity index (χ0v) is 12.7. The molecular weight excluding hydrogens is 262 g/mol. The smallest absolute Gasteiger partial charge is 0.115 e. The van der Waals surface area contributed by atoms with Gasteiger partial charge >= 0.3 is 0 Å². The lowest BCUT2D eigenvalue weighted by atomic mass is 10.1. The van der Waals surface area contributed by atoms with Crippen molar-refractivity contribution in [2.45, 2.75) is 33.0 Å². The number of aliphatic hydroxyl groups is 1. The molecule has 2 N–H and O–H groups in total. The van der Waals surface area contributed by atoms with Crippen molar-refractivity contribution < 1.29 is 10.2 Å². The van der Waals surface area contributed by atoms with Gasteiger partial charge in [0, 0.05) is 12.6 Å². The Hall–Kier alpha value is -1.84. The maximum atomic E-state index is 9.62. The van der Waals surface area contributed by atoms with Crippen molar-refractivity contribution in [3.05, 3.63) is 65.2 Å². The van der Waals surface area contributed by atoms with Crippen molar-refractivity contribution >= 4 is 0 Å². The first-order chi connectivity index (χ1) is 10.1.